The molecule has 1 saturated heterocycles. The molecule has 0 N–H and O–H groups in total. The SMILES string of the molecule is COc1ccccc1CCC(=O)N1CC[C@@H]2OCc3cnnn3[C@H]2C1. The molecule has 1 aromatic heterocycles. The number of hydrogen-bond acceptors (Lipinski definition) is 5. The van der Waals surface area contributed by atoms with Gasteiger partial charge in [-0.3, -0.25) is 4.79 Å². The van der Waals surface area contributed by atoms with Crippen LogP contribution >= 0.6 is 0 Å². The number of carbonyl (C=O) groups is 1. The summed E-state index contributed by atoms with van der Waals surface area (Å²) in [5.41, 5.74) is 2.04. The van der Waals surface area contributed by atoms with E-state index in [9.17, 15) is 4.79 Å². The molecule has 1 amide bonds. The molecule has 3 heterocycles. The van der Waals surface area contributed by atoms with Gasteiger partial charge in [0.15, 0.2) is 0 Å². The number of amides is 1. The molecule has 0 radical (unpaired) electrons. The fraction of sp³-hybridized carbons (Fsp3) is 0.500. The van der Waals surface area contributed by atoms with Gasteiger partial charge < -0.3 is 14.4 Å². The van der Waals surface area contributed by atoms with E-state index in [1.54, 1.807) is 13.3 Å². The second-order valence-corrected chi connectivity index (χ2v) is 6.53. The molecule has 2 aliphatic rings. The third-order valence-electron chi connectivity index (χ3n) is 5.08. The number of ether oxygens (including phenoxy) is 2. The van der Waals surface area contributed by atoms with Crippen molar-refractivity contribution in [2.45, 2.75) is 38.0 Å². The minimum absolute atomic E-state index is 0.0650. The standard InChI is InChI=1S/C18H22N4O3/c1-24-16-5-3-2-4-13(16)6-7-18(23)21-9-8-17-15(11-21)22-14(12-25-17)10-19-20-22/h2-5,10,15,17H,6-9,11-12H2,1H3/t15-,17-/m0/s1. The molecule has 1 fully saturated rings. The summed E-state index contributed by atoms with van der Waals surface area (Å²) < 4.78 is 13.2. The molecular formula is C18H22N4O3. The minimum Gasteiger partial charge on any atom is -0.496 e. The first-order chi connectivity index (χ1) is 12.3. The molecule has 7 nitrogen and oxygen atoms in total. The van der Waals surface area contributed by atoms with E-state index >= 15 is 0 Å². The van der Waals surface area contributed by atoms with Crippen molar-refractivity contribution >= 4 is 5.91 Å². The van der Waals surface area contributed by atoms with Crippen LogP contribution in [-0.4, -0.2) is 52.1 Å². The Kier molecular flexibility index (Phi) is 4.40. The summed E-state index contributed by atoms with van der Waals surface area (Å²) >= 11 is 0. The van der Waals surface area contributed by atoms with Crippen LogP contribution in [0.2, 0.25) is 0 Å². The van der Waals surface area contributed by atoms with Crippen LogP contribution in [0.15, 0.2) is 30.5 Å². The average Bonchev–Trinajstić information content (AvgIpc) is 3.15. The average molecular weight is 342 g/mol. The van der Waals surface area contributed by atoms with Crippen LogP contribution in [0.5, 0.6) is 5.75 Å². The van der Waals surface area contributed by atoms with Gasteiger partial charge in [-0.05, 0) is 24.5 Å². The fourth-order valence-electron chi connectivity index (χ4n) is 3.71. The lowest BCUT2D eigenvalue weighted by Gasteiger charge is -2.41. The van der Waals surface area contributed by atoms with E-state index in [1.165, 1.54) is 0 Å². The Morgan fingerprint density at radius 2 is 2.28 bits per heavy atom. The lowest BCUT2D eigenvalue weighted by molar-refractivity contribution is -0.138. The first-order valence-corrected chi connectivity index (χ1v) is 8.66. The fourth-order valence-corrected chi connectivity index (χ4v) is 3.71. The highest BCUT2D eigenvalue weighted by atomic mass is 16.5. The zero-order valence-electron chi connectivity index (χ0n) is 14.3. The largest absolute Gasteiger partial charge is 0.496 e. The van der Waals surface area contributed by atoms with Crippen molar-refractivity contribution < 1.29 is 14.3 Å². The zero-order chi connectivity index (χ0) is 17.2. The Morgan fingerprint density at radius 1 is 1.40 bits per heavy atom. The molecule has 2 atom stereocenters. The Hall–Kier alpha value is -2.41. The Labute approximate surface area is 146 Å². The molecule has 2 aliphatic heterocycles. The van der Waals surface area contributed by atoms with Gasteiger partial charge in [-0.25, -0.2) is 4.68 Å². The number of likely N-dealkylation sites (tertiary alicyclic amines) is 1. The van der Waals surface area contributed by atoms with Gasteiger partial charge in [0.1, 0.15) is 5.75 Å². The van der Waals surface area contributed by atoms with Gasteiger partial charge in [0, 0.05) is 19.5 Å². The summed E-state index contributed by atoms with van der Waals surface area (Å²) in [6, 6.07) is 7.91. The number of benzene rings is 1. The van der Waals surface area contributed by atoms with Crippen LogP contribution in [0.4, 0.5) is 0 Å². The number of hydrogen-bond donors (Lipinski definition) is 0. The molecule has 0 bridgehead atoms. The van der Waals surface area contributed by atoms with Crippen molar-refractivity contribution in [2.75, 3.05) is 20.2 Å². The van der Waals surface area contributed by atoms with Crippen molar-refractivity contribution in [3.63, 3.8) is 0 Å². The highest BCUT2D eigenvalue weighted by Gasteiger charge is 2.37. The highest BCUT2D eigenvalue weighted by Crippen LogP contribution is 2.30. The van der Waals surface area contributed by atoms with Crippen LogP contribution in [0.3, 0.4) is 0 Å². The number of piperidine rings is 1. The normalized spacial score (nSPS) is 22.2. The molecule has 0 saturated carbocycles. The summed E-state index contributed by atoms with van der Waals surface area (Å²) in [4.78, 5) is 14.6. The Bertz CT molecular complexity index is 760. The third-order valence-corrected chi connectivity index (χ3v) is 5.08. The van der Waals surface area contributed by atoms with Crippen LogP contribution < -0.4 is 4.74 Å². The maximum absolute atomic E-state index is 12.7. The molecule has 4 rings (SSSR count). The maximum atomic E-state index is 12.7. The number of methoxy groups -OCH3 is 1. The second-order valence-electron chi connectivity index (χ2n) is 6.53. The quantitative estimate of drug-likeness (QED) is 0.844. The van der Waals surface area contributed by atoms with Crippen LogP contribution in [0.1, 0.15) is 30.1 Å². The monoisotopic (exact) mass is 342 g/mol. The number of aryl methyl sites for hydroxylation is 1. The van der Waals surface area contributed by atoms with Crippen molar-refractivity contribution in [2.24, 2.45) is 0 Å². The van der Waals surface area contributed by atoms with Crippen LogP contribution in [0, 0.1) is 0 Å². The van der Waals surface area contributed by atoms with Crippen molar-refractivity contribution in [3.05, 3.63) is 41.7 Å². The third kappa shape index (κ3) is 3.11. The molecule has 0 aliphatic carbocycles. The smallest absolute Gasteiger partial charge is 0.222 e. The number of rotatable bonds is 4. The van der Waals surface area contributed by atoms with E-state index in [-0.39, 0.29) is 18.1 Å². The summed E-state index contributed by atoms with van der Waals surface area (Å²) in [5, 5.41) is 8.16. The molecular weight excluding hydrogens is 320 g/mol. The molecule has 0 unspecified atom stereocenters. The van der Waals surface area contributed by atoms with Crippen LogP contribution in [0.25, 0.3) is 0 Å². The van der Waals surface area contributed by atoms with E-state index in [1.807, 2.05) is 33.8 Å². The number of para-hydroxylation sites is 1. The second kappa shape index (κ2) is 6.84. The molecule has 7 heteroatoms. The van der Waals surface area contributed by atoms with Gasteiger partial charge in [0.05, 0.1) is 37.8 Å². The molecule has 0 spiro atoms. The summed E-state index contributed by atoms with van der Waals surface area (Å²) in [7, 11) is 1.66. The molecule has 1 aromatic carbocycles. The van der Waals surface area contributed by atoms with Crippen LogP contribution in [-0.2, 0) is 22.6 Å². The maximum Gasteiger partial charge on any atom is 0.222 e. The first kappa shape index (κ1) is 16.1. The minimum atomic E-state index is 0.0650. The summed E-state index contributed by atoms with van der Waals surface area (Å²) in [6.07, 6.45) is 3.84. The molecule has 2 aromatic rings. The van der Waals surface area contributed by atoms with E-state index < -0.39 is 0 Å². The summed E-state index contributed by atoms with van der Waals surface area (Å²) in [6.45, 7) is 1.91. The van der Waals surface area contributed by atoms with E-state index in [0.29, 0.717) is 26.0 Å². The molecule has 25 heavy (non-hydrogen) atoms. The number of nitrogens with zero attached hydrogens (tertiary/aromatic N) is 4. The molecule has 132 valence electrons. The predicted molar refractivity (Wildman–Crippen MR) is 90.1 cm³/mol. The van der Waals surface area contributed by atoms with Gasteiger partial charge in [-0.1, -0.05) is 23.4 Å². The number of fused-ring (bicyclic) bond motifs is 3. The van der Waals surface area contributed by atoms with Gasteiger partial charge in [-0.15, -0.1) is 5.10 Å². The Balaban J connectivity index is 1.40. The zero-order valence-corrected chi connectivity index (χ0v) is 14.3. The van der Waals surface area contributed by atoms with Gasteiger partial charge in [0.25, 0.3) is 0 Å². The van der Waals surface area contributed by atoms with E-state index in [4.69, 9.17) is 9.47 Å². The van der Waals surface area contributed by atoms with Gasteiger partial charge >= 0.3 is 0 Å². The predicted octanol–water partition coefficient (Wildman–Crippen LogP) is 1.59. The first-order valence-electron chi connectivity index (χ1n) is 8.66. The Morgan fingerprint density at radius 3 is 3.16 bits per heavy atom. The van der Waals surface area contributed by atoms with E-state index in [0.717, 1.165) is 30.0 Å². The lowest BCUT2D eigenvalue weighted by atomic mass is 9.99. The number of carbonyl (C=O) groups excluding carboxylic acids is 1. The van der Waals surface area contributed by atoms with E-state index in [2.05, 4.69) is 10.3 Å². The van der Waals surface area contributed by atoms with Crippen molar-refractivity contribution in [1.29, 1.82) is 0 Å². The van der Waals surface area contributed by atoms with Crippen molar-refractivity contribution in [3.8, 4) is 5.75 Å². The van der Waals surface area contributed by atoms with Gasteiger partial charge in [-0.2, -0.15) is 0 Å². The van der Waals surface area contributed by atoms with Gasteiger partial charge in [0.2, 0.25) is 5.91 Å². The highest BCUT2D eigenvalue weighted by molar-refractivity contribution is 5.76. The van der Waals surface area contributed by atoms with Crippen molar-refractivity contribution in [1.82, 2.24) is 19.9 Å². The lowest BCUT2D eigenvalue weighted by Crippen LogP contribution is -2.49. The number of aromatic nitrogens is 3. The summed E-state index contributed by atoms with van der Waals surface area (Å²) in [5.74, 6) is 0.999. The topological polar surface area (TPSA) is 69.5 Å².